The highest BCUT2D eigenvalue weighted by atomic mass is 19.1. The number of hydrogen-bond donors (Lipinski definition) is 1. The van der Waals surface area contributed by atoms with Crippen molar-refractivity contribution < 1.29 is 4.39 Å². The Hall–Kier alpha value is -2.76. The Bertz CT molecular complexity index is 1020. The SMILES string of the molecule is CCNc1nccc(-c2c(-c3ccc(F)cc3)nc3n2C(CC2CCCC2)CC3)n1. The van der Waals surface area contributed by atoms with Crippen molar-refractivity contribution in [2.75, 3.05) is 11.9 Å². The first-order chi connectivity index (χ1) is 14.7. The minimum absolute atomic E-state index is 0.234. The van der Waals surface area contributed by atoms with Gasteiger partial charge in [-0.1, -0.05) is 25.7 Å². The van der Waals surface area contributed by atoms with Crippen LogP contribution in [0.1, 0.15) is 57.3 Å². The molecule has 0 spiro atoms. The molecule has 1 N–H and O–H groups in total. The van der Waals surface area contributed by atoms with Gasteiger partial charge in [-0.05, 0) is 56.0 Å². The fourth-order valence-electron chi connectivity index (χ4n) is 5.12. The molecule has 0 bridgehead atoms. The smallest absolute Gasteiger partial charge is 0.223 e. The zero-order chi connectivity index (χ0) is 20.5. The van der Waals surface area contributed by atoms with Crippen molar-refractivity contribution in [2.45, 2.75) is 57.9 Å². The van der Waals surface area contributed by atoms with E-state index < -0.39 is 0 Å². The first-order valence-corrected chi connectivity index (χ1v) is 11.2. The second kappa shape index (κ2) is 8.17. The summed E-state index contributed by atoms with van der Waals surface area (Å²) in [5.74, 6) is 2.33. The third-order valence-corrected chi connectivity index (χ3v) is 6.48. The maximum absolute atomic E-state index is 13.6. The van der Waals surface area contributed by atoms with E-state index in [1.807, 2.05) is 25.1 Å². The summed E-state index contributed by atoms with van der Waals surface area (Å²) in [6.45, 7) is 2.80. The second-order valence-corrected chi connectivity index (χ2v) is 8.48. The van der Waals surface area contributed by atoms with Gasteiger partial charge in [0.25, 0.3) is 0 Å². The molecular weight excluding hydrogens is 377 g/mol. The molecule has 3 heterocycles. The molecule has 2 aromatic heterocycles. The lowest BCUT2D eigenvalue weighted by molar-refractivity contribution is 0.382. The molecule has 1 aliphatic carbocycles. The molecule has 30 heavy (non-hydrogen) atoms. The Balaban J connectivity index is 1.62. The standard InChI is InChI=1S/C24H28FN5/c1-2-26-24-27-14-13-20(28-24)23-22(17-7-9-18(25)10-8-17)29-21-12-11-19(30(21)23)15-16-5-3-4-6-16/h7-10,13-14,16,19H,2-6,11-12,15H2,1H3,(H,26,27,28). The van der Waals surface area contributed by atoms with Crippen LogP contribution in [0, 0.1) is 11.7 Å². The summed E-state index contributed by atoms with van der Waals surface area (Å²) in [5, 5.41) is 3.21. The number of halogens is 1. The molecule has 0 saturated heterocycles. The van der Waals surface area contributed by atoms with Crippen molar-refractivity contribution in [1.82, 2.24) is 19.5 Å². The quantitative estimate of drug-likeness (QED) is 0.576. The van der Waals surface area contributed by atoms with Crippen molar-refractivity contribution in [3.8, 4) is 22.6 Å². The third-order valence-electron chi connectivity index (χ3n) is 6.48. The van der Waals surface area contributed by atoms with E-state index in [1.165, 1.54) is 44.2 Å². The van der Waals surface area contributed by atoms with Crippen LogP contribution < -0.4 is 5.32 Å². The number of rotatable bonds is 6. The predicted molar refractivity (Wildman–Crippen MR) is 117 cm³/mol. The van der Waals surface area contributed by atoms with Gasteiger partial charge in [0.05, 0.1) is 17.1 Å². The first kappa shape index (κ1) is 19.2. The molecule has 0 radical (unpaired) electrons. The first-order valence-electron chi connectivity index (χ1n) is 11.2. The van der Waals surface area contributed by atoms with Gasteiger partial charge in [-0.25, -0.2) is 19.3 Å². The number of imidazole rings is 1. The number of nitrogens with zero attached hydrogens (tertiary/aromatic N) is 4. The van der Waals surface area contributed by atoms with Crippen LogP contribution >= 0.6 is 0 Å². The van der Waals surface area contributed by atoms with Gasteiger partial charge in [-0.3, -0.25) is 0 Å². The van der Waals surface area contributed by atoms with Crippen LogP contribution in [0.4, 0.5) is 10.3 Å². The normalized spacial score (nSPS) is 18.7. The Morgan fingerprint density at radius 3 is 2.63 bits per heavy atom. The molecule has 3 aromatic rings. The summed E-state index contributed by atoms with van der Waals surface area (Å²) in [4.78, 5) is 14.2. The van der Waals surface area contributed by atoms with E-state index in [1.54, 1.807) is 6.20 Å². The Morgan fingerprint density at radius 1 is 1.07 bits per heavy atom. The van der Waals surface area contributed by atoms with Crippen molar-refractivity contribution in [1.29, 1.82) is 0 Å². The summed E-state index contributed by atoms with van der Waals surface area (Å²) in [7, 11) is 0. The third kappa shape index (κ3) is 3.59. The van der Waals surface area contributed by atoms with Crippen LogP contribution in [0.25, 0.3) is 22.6 Å². The number of aryl methyl sites for hydroxylation is 1. The van der Waals surface area contributed by atoms with E-state index in [2.05, 4.69) is 14.9 Å². The average molecular weight is 406 g/mol. The molecule has 6 heteroatoms. The fraction of sp³-hybridized carbons (Fsp3) is 0.458. The second-order valence-electron chi connectivity index (χ2n) is 8.48. The summed E-state index contributed by atoms with van der Waals surface area (Å²) in [6.07, 6.45) is 10.6. The number of nitrogens with one attached hydrogen (secondary N) is 1. The summed E-state index contributed by atoms with van der Waals surface area (Å²) >= 11 is 0. The van der Waals surface area contributed by atoms with Gasteiger partial charge in [0.2, 0.25) is 5.95 Å². The maximum atomic E-state index is 13.6. The van der Waals surface area contributed by atoms with E-state index in [0.717, 1.165) is 53.8 Å². The van der Waals surface area contributed by atoms with Crippen LogP contribution in [0.3, 0.4) is 0 Å². The van der Waals surface area contributed by atoms with Crippen molar-refractivity contribution >= 4 is 5.95 Å². The predicted octanol–water partition coefficient (Wildman–Crippen LogP) is 5.65. The Labute approximate surface area is 176 Å². The zero-order valence-electron chi connectivity index (χ0n) is 17.4. The van der Waals surface area contributed by atoms with E-state index in [0.29, 0.717) is 12.0 Å². The van der Waals surface area contributed by atoms with Crippen LogP contribution in [0.15, 0.2) is 36.5 Å². The Morgan fingerprint density at radius 2 is 1.87 bits per heavy atom. The van der Waals surface area contributed by atoms with Crippen LogP contribution in [-0.4, -0.2) is 26.1 Å². The van der Waals surface area contributed by atoms with Gasteiger partial charge in [-0.2, -0.15) is 0 Å². The summed E-state index contributed by atoms with van der Waals surface area (Å²) in [6, 6.07) is 9.05. The highest BCUT2D eigenvalue weighted by molar-refractivity contribution is 5.78. The summed E-state index contributed by atoms with van der Waals surface area (Å²) < 4.78 is 16.0. The van der Waals surface area contributed by atoms with E-state index in [4.69, 9.17) is 9.97 Å². The zero-order valence-corrected chi connectivity index (χ0v) is 17.4. The van der Waals surface area contributed by atoms with E-state index >= 15 is 0 Å². The van der Waals surface area contributed by atoms with Gasteiger partial charge in [0.15, 0.2) is 0 Å². The molecule has 5 rings (SSSR count). The highest BCUT2D eigenvalue weighted by Gasteiger charge is 2.32. The largest absolute Gasteiger partial charge is 0.354 e. The lowest BCUT2D eigenvalue weighted by Crippen LogP contribution is -2.11. The average Bonchev–Trinajstić information content (AvgIpc) is 3.48. The number of benzene rings is 1. The molecule has 1 fully saturated rings. The van der Waals surface area contributed by atoms with Crippen molar-refractivity contribution in [3.05, 3.63) is 48.2 Å². The van der Waals surface area contributed by atoms with Crippen LogP contribution in [-0.2, 0) is 6.42 Å². The monoisotopic (exact) mass is 405 g/mol. The molecule has 1 saturated carbocycles. The molecule has 2 aliphatic rings. The van der Waals surface area contributed by atoms with E-state index in [9.17, 15) is 4.39 Å². The van der Waals surface area contributed by atoms with Crippen molar-refractivity contribution in [2.24, 2.45) is 5.92 Å². The maximum Gasteiger partial charge on any atom is 0.223 e. The molecule has 1 aliphatic heterocycles. The molecule has 5 nitrogen and oxygen atoms in total. The molecule has 1 atom stereocenters. The molecule has 1 aromatic carbocycles. The minimum Gasteiger partial charge on any atom is -0.354 e. The minimum atomic E-state index is -0.234. The Kier molecular flexibility index (Phi) is 5.23. The number of anilines is 1. The van der Waals surface area contributed by atoms with E-state index in [-0.39, 0.29) is 5.82 Å². The molecule has 0 amide bonds. The van der Waals surface area contributed by atoms with Gasteiger partial charge >= 0.3 is 0 Å². The number of hydrogen-bond acceptors (Lipinski definition) is 4. The number of aromatic nitrogens is 4. The van der Waals surface area contributed by atoms with Gasteiger partial charge < -0.3 is 9.88 Å². The topological polar surface area (TPSA) is 55.6 Å². The van der Waals surface area contributed by atoms with Crippen LogP contribution in [0.5, 0.6) is 0 Å². The van der Waals surface area contributed by atoms with Crippen LogP contribution in [0.2, 0.25) is 0 Å². The molecular formula is C24H28FN5. The molecule has 156 valence electrons. The lowest BCUT2D eigenvalue weighted by atomic mass is 9.96. The summed E-state index contributed by atoms with van der Waals surface area (Å²) in [5.41, 5.74) is 3.73. The van der Waals surface area contributed by atoms with Gasteiger partial charge in [0.1, 0.15) is 11.6 Å². The lowest BCUT2D eigenvalue weighted by Gasteiger charge is -2.20. The molecule has 1 unspecified atom stereocenters. The van der Waals surface area contributed by atoms with Crippen molar-refractivity contribution in [3.63, 3.8) is 0 Å². The highest BCUT2D eigenvalue weighted by Crippen LogP contribution is 2.43. The van der Waals surface area contributed by atoms with Gasteiger partial charge in [-0.15, -0.1) is 0 Å². The fourth-order valence-corrected chi connectivity index (χ4v) is 5.12. The number of fused-ring (bicyclic) bond motifs is 1. The van der Waals surface area contributed by atoms with Gasteiger partial charge in [0, 0.05) is 30.8 Å².